The number of aromatic nitrogens is 5. The maximum absolute atomic E-state index is 5.71. The lowest BCUT2D eigenvalue weighted by Crippen LogP contribution is -2.44. The second-order valence-electron chi connectivity index (χ2n) is 6.95. The summed E-state index contributed by atoms with van der Waals surface area (Å²) in [5, 5.41) is 12.6. The van der Waals surface area contributed by atoms with Crippen LogP contribution in [0.2, 0.25) is 0 Å². The molecule has 8 nitrogen and oxygen atoms in total. The van der Waals surface area contributed by atoms with Gasteiger partial charge in [-0.3, -0.25) is 5.10 Å². The van der Waals surface area contributed by atoms with Crippen LogP contribution >= 0.6 is 0 Å². The molecule has 0 unspecified atom stereocenters. The quantitative estimate of drug-likeness (QED) is 0.765. The molecule has 1 atom stereocenters. The number of anilines is 1. The van der Waals surface area contributed by atoms with Gasteiger partial charge in [0.1, 0.15) is 5.82 Å². The minimum atomic E-state index is 0.275. The molecule has 1 fully saturated rings. The van der Waals surface area contributed by atoms with Crippen molar-refractivity contribution in [3.63, 3.8) is 0 Å². The van der Waals surface area contributed by atoms with E-state index in [1.807, 2.05) is 16.9 Å². The van der Waals surface area contributed by atoms with Crippen molar-refractivity contribution >= 4 is 22.4 Å². The van der Waals surface area contributed by atoms with E-state index in [1.165, 1.54) is 5.57 Å². The van der Waals surface area contributed by atoms with Crippen molar-refractivity contribution in [3.05, 3.63) is 36.2 Å². The summed E-state index contributed by atoms with van der Waals surface area (Å²) in [6.45, 7) is 5.81. The van der Waals surface area contributed by atoms with Gasteiger partial charge < -0.3 is 14.4 Å². The van der Waals surface area contributed by atoms with Crippen molar-refractivity contribution < 1.29 is 9.47 Å². The first kappa shape index (κ1) is 16.5. The summed E-state index contributed by atoms with van der Waals surface area (Å²) in [6, 6.07) is 4.33. The predicted molar refractivity (Wildman–Crippen MR) is 102 cm³/mol. The summed E-state index contributed by atoms with van der Waals surface area (Å²) in [4.78, 5) is 7.28. The van der Waals surface area contributed by atoms with E-state index in [0.717, 1.165) is 47.8 Å². The summed E-state index contributed by atoms with van der Waals surface area (Å²) in [5.41, 5.74) is 3.15. The Balaban J connectivity index is 1.70. The molecule has 1 saturated heterocycles. The summed E-state index contributed by atoms with van der Waals surface area (Å²) >= 11 is 0. The zero-order valence-electron chi connectivity index (χ0n) is 15.3. The molecule has 0 aromatic carbocycles. The van der Waals surface area contributed by atoms with E-state index >= 15 is 0 Å². The van der Waals surface area contributed by atoms with Crippen LogP contribution in [0.5, 0.6) is 0 Å². The van der Waals surface area contributed by atoms with Crippen LogP contribution in [-0.4, -0.2) is 64.0 Å². The number of pyridine rings is 1. The first-order valence-corrected chi connectivity index (χ1v) is 9.31. The van der Waals surface area contributed by atoms with Gasteiger partial charge in [0, 0.05) is 18.0 Å². The molecule has 3 aromatic heterocycles. The van der Waals surface area contributed by atoms with E-state index in [1.54, 1.807) is 6.20 Å². The van der Waals surface area contributed by atoms with Crippen molar-refractivity contribution in [1.82, 2.24) is 25.0 Å². The first-order chi connectivity index (χ1) is 13.3. The van der Waals surface area contributed by atoms with E-state index < -0.39 is 0 Å². The molecule has 1 N–H and O–H groups in total. The number of aromatic amines is 1. The minimum Gasteiger partial charge on any atom is -0.377 e. The molecule has 0 spiro atoms. The number of fused-ring (bicyclic) bond motifs is 1. The van der Waals surface area contributed by atoms with Gasteiger partial charge in [0.25, 0.3) is 0 Å². The van der Waals surface area contributed by atoms with Gasteiger partial charge in [-0.25, -0.2) is 4.98 Å². The lowest BCUT2D eigenvalue weighted by Gasteiger charge is -2.34. The van der Waals surface area contributed by atoms with Gasteiger partial charge in [-0.15, -0.1) is 0 Å². The fourth-order valence-corrected chi connectivity index (χ4v) is 3.76. The zero-order chi connectivity index (χ0) is 18.2. The van der Waals surface area contributed by atoms with Crippen LogP contribution in [0.4, 0.5) is 5.82 Å². The third-order valence-corrected chi connectivity index (χ3v) is 5.16. The normalized spacial score (nSPS) is 20.9. The Morgan fingerprint density at radius 1 is 1.26 bits per heavy atom. The molecule has 8 heteroatoms. The number of nitrogens with zero attached hydrogens (tertiary/aromatic N) is 5. The number of ether oxygens (including phenoxy) is 2. The smallest absolute Gasteiger partial charge is 0.167 e. The standard InChI is InChI=1S/C19H22N6O2/c1-13-11-27-8-6-24(13)18-9-15(14-3-2-7-26-12-14)16-10-21-25(19(16)22-18)17-4-5-20-23-17/h3-5,9-10,13H,2,6-8,11-12H2,1H3,(H,20,23)/t13-/m1/s1. The highest BCUT2D eigenvalue weighted by Gasteiger charge is 2.24. The third kappa shape index (κ3) is 2.90. The Morgan fingerprint density at radius 2 is 2.22 bits per heavy atom. The molecule has 2 aliphatic heterocycles. The molecule has 0 amide bonds. The van der Waals surface area contributed by atoms with Crippen LogP contribution in [0.3, 0.4) is 0 Å². The maximum Gasteiger partial charge on any atom is 0.167 e. The number of H-pyrrole nitrogens is 1. The van der Waals surface area contributed by atoms with Crippen molar-refractivity contribution in [2.45, 2.75) is 19.4 Å². The van der Waals surface area contributed by atoms with E-state index in [0.29, 0.717) is 19.8 Å². The lowest BCUT2D eigenvalue weighted by atomic mass is 10.0. The van der Waals surface area contributed by atoms with Gasteiger partial charge in [-0.05, 0) is 30.5 Å². The monoisotopic (exact) mass is 366 g/mol. The Hall–Kier alpha value is -2.71. The summed E-state index contributed by atoms with van der Waals surface area (Å²) in [6.07, 6.45) is 6.78. The van der Waals surface area contributed by atoms with Crippen LogP contribution in [0.1, 0.15) is 18.9 Å². The van der Waals surface area contributed by atoms with Crippen molar-refractivity contribution in [1.29, 1.82) is 0 Å². The van der Waals surface area contributed by atoms with Gasteiger partial charge in [0.05, 0.1) is 44.9 Å². The Morgan fingerprint density at radius 3 is 3.00 bits per heavy atom. The van der Waals surface area contributed by atoms with E-state index in [4.69, 9.17) is 14.5 Å². The first-order valence-electron chi connectivity index (χ1n) is 9.31. The molecule has 140 valence electrons. The second-order valence-corrected chi connectivity index (χ2v) is 6.95. The predicted octanol–water partition coefficient (Wildman–Crippen LogP) is 2.17. The average Bonchev–Trinajstić information content (AvgIpc) is 3.38. The number of morpholine rings is 1. The van der Waals surface area contributed by atoms with Crippen LogP contribution < -0.4 is 4.90 Å². The molecule has 0 saturated carbocycles. The number of hydrogen-bond donors (Lipinski definition) is 1. The third-order valence-electron chi connectivity index (χ3n) is 5.16. The van der Waals surface area contributed by atoms with Crippen LogP contribution in [0.25, 0.3) is 22.4 Å². The molecule has 5 rings (SSSR count). The molecule has 3 aromatic rings. The maximum atomic E-state index is 5.71. The van der Waals surface area contributed by atoms with E-state index in [-0.39, 0.29) is 6.04 Å². The molecular formula is C19H22N6O2. The summed E-state index contributed by atoms with van der Waals surface area (Å²) in [7, 11) is 0. The topological polar surface area (TPSA) is 81.1 Å². The Labute approximate surface area is 156 Å². The Kier molecular flexibility index (Phi) is 4.14. The largest absolute Gasteiger partial charge is 0.377 e. The minimum absolute atomic E-state index is 0.275. The van der Waals surface area contributed by atoms with Crippen LogP contribution in [-0.2, 0) is 9.47 Å². The van der Waals surface area contributed by atoms with Gasteiger partial charge >= 0.3 is 0 Å². The zero-order valence-corrected chi connectivity index (χ0v) is 15.3. The lowest BCUT2D eigenvalue weighted by molar-refractivity contribution is 0.0985. The van der Waals surface area contributed by atoms with Crippen LogP contribution in [0.15, 0.2) is 30.6 Å². The number of hydrogen-bond acceptors (Lipinski definition) is 6. The molecule has 0 aliphatic carbocycles. The SMILES string of the molecule is C[C@@H]1COCCN1c1cc(C2=CCCOC2)c2cnn(-c3ccn[nH]3)c2n1. The summed E-state index contributed by atoms with van der Waals surface area (Å²) in [5.74, 6) is 1.74. The average molecular weight is 366 g/mol. The van der Waals surface area contributed by atoms with Crippen molar-refractivity contribution in [2.75, 3.05) is 37.9 Å². The number of nitrogens with one attached hydrogen (secondary N) is 1. The van der Waals surface area contributed by atoms with Gasteiger partial charge in [0.2, 0.25) is 0 Å². The number of rotatable bonds is 3. The van der Waals surface area contributed by atoms with Gasteiger partial charge in [-0.2, -0.15) is 14.9 Å². The molecule has 27 heavy (non-hydrogen) atoms. The van der Waals surface area contributed by atoms with Crippen molar-refractivity contribution in [3.8, 4) is 5.82 Å². The fourth-order valence-electron chi connectivity index (χ4n) is 3.76. The van der Waals surface area contributed by atoms with Crippen LogP contribution in [0, 0.1) is 0 Å². The molecule has 2 aliphatic rings. The molecule has 0 bridgehead atoms. The summed E-state index contributed by atoms with van der Waals surface area (Å²) < 4.78 is 13.1. The molecule has 0 radical (unpaired) electrons. The van der Waals surface area contributed by atoms with E-state index in [9.17, 15) is 0 Å². The highest BCUT2D eigenvalue weighted by atomic mass is 16.5. The van der Waals surface area contributed by atoms with Gasteiger partial charge in [-0.1, -0.05) is 6.08 Å². The highest BCUT2D eigenvalue weighted by Crippen LogP contribution is 2.32. The van der Waals surface area contributed by atoms with Crippen molar-refractivity contribution in [2.24, 2.45) is 0 Å². The molecule has 5 heterocycles. The fraction of sp³-hybridized carbons (Fsp3) is 0.421. The highest BCUT2D eigenvalue weighted by molar-refractivity contribution is 5.92. The van der Waals surface area contributed by atoms with Gasteiger partial charge in [0.15, 0.2) is 11.5 Å². The molecular weight excluding hydrogens is 344 g/mol. The van der Waals surface area contributed by atoms with E-state index in [2.05, 4.69) is 39.3 Å². The second kappa shape index (κ2) is 6.79. The Bertz CT molecular complexity index is 978.